The minimum Gasteiger partial charge on any atom is -0.487 e. The normalized spacial score (nSPS) is 10.6. The van der Waals surface area contributed by atoms with Crippen molar-refractivity contribution in [2.24, 2.45) is 0 Å². The van der Waals surface area contributed by atoms with Crippen LogP contribution >= 0.6 is 0 Å². The number of nitrogens with zero attached hydrogens (tertiary/aromatic N) is 2. The number of hydrogen-bond donors (Lipinski definition) is 2. The van der Waals surface area contributed by atoms with Crippen molar-refractivity contribution in [3.63, 3.8) is 0 Å². The van der Waals surface area contributed by atoms with E-state index in [1.165, 1.54) is 10.5 Å². The van der Waals surface area contributed by atoms with Crippen LogP contribution in [-0.4, -0.2) is 15.4 Å². The molecular weight excluding hydrogens is 392 g/mol. The van der Waals surface area contributed by atoms with Crippen molar-refractivity contribution in [3.8, 4) is 5.75 Å². The van der Waals surface area contributed by atoms with Crippen molar-refractivity contribution in [3.05, 3.63) is 100 Å². The number of amides is 2. The predicted octanol–water partition coefficient (Wildman–Crippen LogP) is 4.53. The molecule has 0 unspecified atom stereocenters. The summed E-state index contributed by atoms with van der Waals surface area (Å²) in [5.74, 6) is 0.607. The Morgan fingerprint density at radius 3 is 2.23 bits per heavy atom. The molecular formula is C24H22N4O3. The van der Waals surface area contributed by atoms with E-state index in [1.54, 1.807) is 30.5 Å². The topological polar surface area (TPSA) is 84.7 Å². The van der Waals surface area contributed by atoms with Gasteiger partial charge in [-0.1, -0.05) is 17.7 Å². The molecule has 0 fully saturated rings. The second kappa shape index (κ2) is 8.71. The van der Waals surface area contributed by atoms with Gasteiger partial charge >= 0.3 is 6.03 Å². The number of nitrogens with one attached hydrogen (secondary N) is 2. The summed E-state index contributed by atoms with van der Waals surface area (Å²) in [7, 11) is 0. The first-order valence-electron chi connectivity index (χ1n) is 9.83. The molecule has 4 rings (SSSR count). The van der Waals surface area contributed by atoms with E-state index in [4.69, 9.17) is 4.74 Å². The van der Waals surface area contributed by atoms with Gasteiger partial charge in [0.05, 0.1) is 5.69 Å². The number of ether oxygens (including phenoxy) is 1. The van der Waals surface area contributed by atoms with E-state index in [0.717, 1.165) is 16.8 Å². The number of pyridine rings is 1. The van der Waals surface area contributed by atoms with Crippen LogP contribution in [-0.2, 0) is 6.61 Å². The van der Waals surface area contributed by atoms with Crippen molar-refractivity contribution >= 4 is 23.1 Å². The lowest BCUT2D eigenvalue weighted by Gasteiger charge is -2.10. The second-order valence-electron chi connectivity index (χ2n) is 7.28. The predicted molar refractivity (Wildman–Crippen MR) is 121 cm³/mol. The number of anilines is 2. The molecule has 0 saturated carbocycles. The van der Waals surface area contributed by atoms with Gasteiger partial charge < -0.3 is 15.4 Å². The van der Waals surface area contributed by atoms with Crippen LogP contribution in [0.25, 0.3) is 5.65 Å². The van der Waals surface area contributed by atoms with E-state index in [2.05, 4.69) is 15.6 Å². The monoisotopic (exact) mass is 414 g/mol. The Hall–Kier alpha value is -4.13. The van der Waals surface area contributed by atoms with Gasteiger partial charge in [-0.25, -0.2) is 9.78 Å². The van der Waals surface area contributed by atoms with E-state index < -0.39 is 0 Å². The molecule has 2 aromatic carbocycles. The average molecular weight is 414 g/mol. The summed E-state index contributed by atoms with van der Waals surface area (Å²) in [6.45, 7) is 4.11. The highest BCUT2D eigenvalue weighted by Crippen LogP contribution is 2.17. The summed E-state index contributed by atoms with van der Waals surface area (Å²) in [5, 5.41) is 5.56. The fourth-order valence-electron chi connectivity index (χ4n) is 3.05. The number of carbonyl (C=O) groups excluding carboxylic acids is 1. The summed E-state index contributed by atoms with van der Waals surface area (Å²) in [4.78, 5) is 28.9. The summed E-state index contributed by atoms with van der Waals surface area (Å²) in [5.41, 5.74) is 4.50. The van der Waals surface area contributed by atoms with E-state index in [-0.39, 0.29) is 18.2 Å². The second-order valence-corrected chi connectivity index (χ2v) is 7.28. The molecule has 0 bridgehead atoms. The van der Waals surface area contributed by atoms with Crippen molar-refractivity contribution in [1.29, 1.82) is 0 Å². The van der Waals surface area contributed by atoms with E-state index >= 15 is 0 Å². The minimum absolute atomic E-state index is 0.150. The van der Waals surface area contributed by atoms with Crippen molar-refractivity contribution in [2.45, 2.75) is 20.5 Å². The van der Waals surface area contributed by atoms with Crippen LogP contribution in [0.3, 0.4) is 0 Å². The largest absolute Gasteiger partial charge is 0.487 e. The highest BCUT2D eigenvalue weighted by atomic mass is 16.5. The third-order valence-electron chi connectivity index (χ3n) is 4.68. The van der Waals surface area contributed by atoms with Gasteiger partial charge in [-0.3, -0.25) is 9.20 Å². The van der Waals surface area contributed by atoms with Gasteiger partial charge in [0.2, 0.25) is 0 Å². The van der Waals surface area contributed by atoms with Gasteiger partial charge in [-0.05, 0) is 67.9 Å². The first-order chi connectivity index (χ1) is 15.0. The van der Waals surface area contributed by atoms with Gasteiger partial charge in [-0.15, -0.1) is 0 Å². The number of urea groups is 1. The fourth-order valence-corrected chi connectivity index (χ4v) is 3.05. The molecule has 0 radical (unpaired) electrons. The molecule has 7 heteroatoms. The van der Waals surface area contributed by atoms with E-state index in [9.17, 15) is 9.59 Å². The molecule has 2 N–H and O–H groups in total. The van der Waals surface area contributed by atoms with E-state index in [1.807, 2.05) is 50.2 Å². The molecule has 7 nitrogen and oxygen atoms in total. The average Bonchev–Trinajstić information content (AvgIpc) is 2.74. The minimum atomic E-state index is -0.325. The molecule has 2 heterocycles. The number of rotatable bonds is 5. The van der Waals surface area contributed by atoms with Crippen LogP contribution in [0.1, 0.15) is 16.8 Å². The maximum atomic E-state index is 12.2. The zero-order valence-corrected chi connectivity index (χ0v) is 17.3. The Bertz CT molecular complexity index is 1280. The lowest BCUT2D eigenvalue weighted by molar-refractivity contribution is 0.262. The van der Waals surface area contributed by atoms with Gasteiger partial charge in [-0.2, -0.15) is 0 Å². The highest BCUT2D eigenvalue weighted by molar-refractivity contribution is 5.99. The van der Waals surface area contributed by atoms with Gasteiger partial charge in [0.25, 0.3) is 5.56 Å². The van der Waals surface area contributed by atoms with Gasteiger partial charge in [0.1, 0.15) is 18.0 Å². The Kier molecular flexibility index (Phi) is 5.66. The summed E-state index contributed by atoms with van der Waals surface area (Å²) >= 11 is 0. The summed E-state index contributed by atoms with van der Waals surface area (Å²) < 4.78 is 7.25. The van der Waals surface area contributed by atoms with Crippen molar-refractivity contribution < 1.29 is 9.53 Å². The number of benzene rings is 2. The molecule has 2 aromatic heterocycles. The maximum absolute atomic E-state index is 12.2. The molecule has 156 valence electrons. The van der Waals surface area contributed by atoms with Gasteiger partial charge in [0, 0.05) is 23.6 Å². The molecule has 4 aromatic rings. The van der Waals surface area contributed by atoms with Crippen LogP contribution in [0, 0.1) is 13.8 Å². The van der Waals surface area contributed by atoms with Crippen LogP contribution in [0.2, 0.25) is 0 Å². The Balaban J connectivity index is 1.36. The molecule has 0 aliphatic heterocycles. The quantitative estimate of drug-likeness (QED) is 0.502. The van der Waals surface area contributed by atoms with Gasteiger partial charge in [0.15, 0.2) is 0 Å². The Labute approximate surface area is 179 Å². The fraction of sp³-hybridized carbons (Fsp3) is 0.125. The number of aryl methyl sites for hydroxylation is 2. The number of aromatic nitrogens is 2. The molecule has 0 aliphatic rings. The molecule has 2 amide bonds. The van der Waals surface area contributed by atoms with Crippen LogP contribution in [0.4, 0.5) is 16.2 Å². The van der Waals surface area contributed by atoms with Crippen LogP contribution in [0.15, 0.2) is 77.7 Å². The zero-order valence-electron chi connectivity index (χ0n) is 17.3. The highest BCUT2D eigenvalue weighted by Gasteiger charge is 2.06. The standard InChI is InChI=1S/C24H22N4O3/c1-16-3-5-18(6-4-16)26-24(30)27-19-7-9-21(10-8-19)31-15-20-14-23(29)28-12-11-17(2)13-22(28)25-20/h3-14H,15H2,1-2H3,(H2,26,27,30). The number of hydrogen-bond acceptors (Lipinski definition) is 4. The Morgan fingerprint density at radius 2 is 1.55 bits per heavy atom. The first kappa shape index (κ1) is 20.2. The lowest BCUT2D eigenvalue weighted by atomic mass is 10.2. The number of carbonyl (C=O) groups is 1. The molecule has 0 saturated heterocycles. The van der Waals surface area contributed by atoms with Crippen molar-refractivity contribution in [1.82, 2.24) is 9.38 Å². The zero-order chi connectivity index (χ0) is 21.8. The molecule has 0 spiro atoms. The Morgan fingerprint density at radius 1 is 0.903 bits per heavy atom. The van der Waals surface area contributed by atoms with Crippen LogP contribution in [0.5, 0.6) is 5.75 Å². The summed E-state index contributed by atoms with van der Waals surface area (Å²) in [6, 6.07) is 19.4. The molecule has 0 atom stereocenters. The molecule has 31 heavy (non-hydrogen) atoms. The SMILES string of the molecule is Cc1ccc(NC(=O)Nc2ccc(OCc3cc(=O)n4ccc(C)cc4n3)cc2)cc1. The third-order valence-corrected chi connectivity index (χ3v) is 4.68. The lowest BCUT2D eigenvalue weighted by Crippen LogP contribution is -2.19. The maximum Gasteiger partial charge on any atom is 0.323 e. The smallest absolute Gasteiger partial charge is 0.323 e. The van der Waals surface area contributed by atoms with Crippen LogP contribution < -0.4 is 20.9 Å². The summed E-state index contributed by atoms with van der Waals surface area (Å²) in [6.07, 6.45) is 1.71. The van der Waals surface area contributed by atoms with E-state index in [0.29, 0.717) is 22.8 Å². The molecule has 0 aliphatic carbocycles. The number of fused-ring (bicyclic) bond motifs is 1. The third kappa shape index (κ3) is 5.08. The van der Waals surface area contributed by atoms with Crippen molar-refractivity contribution in [2.75, 3.05) is 10.6 Å². The first-order valence-corrected chi connectivity index (χ1v) is 9.83.